The molecule has 0 unspecified atom stereocenters. The van der Waals surface area contributed by atoms with Crippen LogP contribution < -0.4 is 10.1 Å². The van der Waals surface area contributed by atoms with Crippen molar-refractivity contribution in [3.05, 3.63) is 59.9 Å². The number of nitrogens with zero attached hydrogens (tertiary/aromatic N) is 2. The number of carbonyl (C=O) groups excluding carboxylic acids is 1. The topological polar surface area (TPSA) is 77.2 Å². The zero-order chi connectivity index (χ0) is 19.4. The maximum Gasteiger partial charge on any atom is 0.262 e. The molecule has 8 heteroatoms. The highest BCUT2D eigenvalue weighted by atomic mass is 19.1. The molecule has 0 aliphatic rings. The number of aromatic nitrogens is 2. The Balaban J connectivity index is 1.59. The van der Waals surface area contributed by atoms with Crippen LogP contribution in [0.15, 0.2) is 47.0 Å². The fraction of sp³-hybridized carbons (Fsp3) is 0.211. The van der Waals surface area contributed by atoms with Crippen LogP contribution in [0, 0.1) is 11.6 Å². The molecule has 1 N–H and O–H groups in total. The summed E-state index contributed by atoms with van der Waals surface area (Å²) in [5.74, 6) is -0.822. The summed E-state index contributed by atoms with van der Waals surface area (Å²) in [6, 6.07) is 10.0. The zero-order valence-electron chi connectivity index (χ0n) is 14.7. The van der Waals surface area contributed by atoms with Crippen molar-refractivity contribution in [1.29, 1.82) is 0 Å². The van der Waals surface area contributed by atoms with Crippen LogP contribution in [-0.2, 0) is 4.79 Å². The lowest BCUT2D eigenvalue weighted by molar-refractivity contribution is -0.118. The maximum absolute atomic E-state index is 13.5. The fourth-order valence-electron chi connectivity index (χ4n) is 2.22. The number of ether oxygens (including phenoxy) is 1. The van der Waals surface area contributed by atoms with Gasteiger partial charge in [-0.3, -0.25) is 4.79 Å². The van der Waals surface area contributed by atoms with Crippen LogP contribution in [-0.4, -0.2) is 22.7 Å². The molecule has 0 atom stereocenters. The van der Waals surface area contributed by atoms with Crippen LogP contribution in [0.3, 0.4) is 0 Å². The summed E-state index contributed by atoms with van der Waals surface area (Å²) in [6.45, 7) is 3.53. The summed E-state index contributed by atoms with van der Waals surface area (Å²) in [5, 5.41) is 6.05. The summed E-state index contributed by atoms with van der Waals surface area (Å²) in [5.41, 5.74) is 0.207. The molecular formula is C19H17F2N3O3. The van der Waals surface area contributed by atoms with E-state index in [1.54, 1.807) is 24.3 Å². The predicted octanol–water partition coefficient (Wildman–Crippen LogP) is 4.16. The van der Waals surface area contributed by atoms with Gasteiger partial charge in [-0.25, -0.2) is 8.78 Å². The van der Waals surface area contributed by atoms with Crippen molar-refractivity contribution in [3.63, 3.8) is 0 Å². The molecule has 1 aromatic heterocycles. The predicted molar refractivity (Wildman–Crippen MR) is 94.3 cm³/mol. The first-order valence-electron chi connectivity index (χ1n) is 8.24. The van der Waals surface area contributed by atoms with Gasteiger partial charge in [-0.05, 0) is 36.4 Å². The molecule has 0 aliphatic heterocycles. The van der Waals surface area contributed by atoms with E-state index in [4.69, 9.17) is 9.26 Å². The van der Waals surface area contributed by atoms with Crippen LogP contribution in [0.25, 0.3) is 11.5 Å². The van der Waals surface area contributed by atoms with Gasteiger partial charge in [-0.1, -0.05) is 25.1 Å². The Morgan fingerprint density at radius 1 is 1.15 bits per heavy atom. The fourth-order valence-corrected chi connectivity index (χ4v) is 2.22. The van der Waals surface area contributed by atoms with Crippen molar-refractivity contribution in [3.8, 4) is 17.2 Å². The van der Waals surface area contributed by atoms with Gasteiger partial charge in [0.1, 0.15) is 23.1 Å². The number of hydrogen-bond donors (Lipinski definition) is 1. The third kappa shape index (κ3) is 4.46. The molecule has 0 radical (unpaired) electrons. The van der Waals surface area contributed by atoms with Crippen molar-refractivity contribution in [1.82, 2.24) is 10.1 Å². The number of rotatable bonds is 6. The van der Waals surface area contributed by atoms with Gasteiger partial charge in [0.25, 0.3) is 11.8 Å². The monoisotopic (exact) mass is 373 g/mol. The van der Waals surface area contributed by atoms with E-state index < -0.39 is 29.8 Å². The third-order valence-electron chi connectivity index (χ3n) is 3.66. The van der Waals surface area contributed by atoms with E-state index in [0.29, 0.717) is 23.0 Å². The summed E-state index contributed by atoms with van der Waals surface area (Å²) < 4.78 is 37.6. The van der Waals surface area contributed by atoms with Gasteiger partial charge in [0.15, 0.2) is 12.4 Å². The molecule has 3 rings (SSSR count). The van der Waals surface area contributed by atoms with Gasteiger partial charge in [0.05, 0.1) is 0 Å². The second-order valence-electron chi connectivity index (χ2n) is 6.07. The van der Waals surface area contributed by atoms with Crippen LogP contribution in [0.4, 0.5) is 14.5 Å². The van der Waals surface area contributed by atoms with E-state index in [1.165, 1.54) is 6.07 Å². The zero-order valence-corrected chi connectivity index (χ0v) is 14.7. The van der Waals surface area contributed by atoms with E-state index in [9.17, 15) is 13.6 Å². The van der Waals surface area contributed by atoms with E-state index >= 15 is 0 Å². The molecule has 1 heterocycles. The quantitative estimate of drug-likeness (QED) is 0.702. The Labute approximate surface area is 154 Å². The van der Waals surface area contributed by atoms with Gasteiger partial charge in [0.2, 0.25) is 0 Å². The highest BCUT2D eigenvalue weighted by Gasteiger charge is 2.13. The number of anilines is 1. The molecule has 0 saturated carbocycles. The van der Waals surface area contributed by atoms with Crippen LogP contribution >= 0.6 is 0 Å². The molecule has 0 saturated heterocycles. The molecule has 6 nitrogen and oxygen atoms in total. The standard InChI is InChI=1S/C19H17F2N3O3/c1-11(2)18-23-19(27-24-18)12-6-8-13(9-7-12)26-10-16(25)22-17-14(20)4-3-5-15(17)21/h3-9,11H,10H2,1-2H3,(H,22,25). The van der Waals surface area contributed by atoms with E-state index in [0.717, 1.165) is 12.1 Å². The number of para-hydroxylation sites is 1. The number of benzene rings is 2. The third-order valence-corrected chi connectivity index (χ3v) is 3.66. The Morgan fingerprint density at radius 2 is 1.81 bits per heavy atom. The summed E-state index contributed by atoms with van der Waals surface area (Å²) >= 11 is 0. The largest absolute Gasteiger partial charge is 0.484 e. The molecule has 1 amide bonds. The van der Waals surface area contributed by atoms with Gasteiger partial charge in [-0.15, -0.1) is 0 Å². The Kier molecular flexibility index (Phi) is 5.44. The Hall–Kier alpha value is -3.29. The minimum atomic E-state index is -0.854. The molecule has 0 fully saturated rings. The van der Waals surface area contributed by atoms with E-state index in [1.807, 2.05) is 13.8 Å². The first-order valence-corrected chi connectivity index (χ1v) is 8.24. The molecule has 27 heavy (non-hydrogen) atoms. The summed E-state index contributed by atoms with van der Waals surface area (Å²) in [6.07, 6.45) is 0. The molecule has 0 bridgehead atoms. The van der Waals surface area contributed by atoms with Crippen molar-refractivity contribution in [2.45, 2.75) is 19.8 Å². The number of nitrogens with one attached hydrogen (secondary N) is 1. The number of hydrogen-bond acceptors (Lipinski definition) is 5. The minimum absolute atomic E-state index is 0.155. The van der Waals surface area contributed by atoms with Crippen molar-refractivity contribution < 1.29 is 22.8 Å². The number of halogens is 2. The van der Waals surface area contributed by atoms with Crippen molar-refractivity contribution in [2.75, 3.05) is 11.9 Å². The van der Waals surface area contributed by atoms with Crippen molar-refractivity contribution in [2.24, 2.45) is 0 Å². The lowest BCUT2D eigenvalue weighted by Crippen LogP contribution is -2.21. The summed E-state index contributed by atoms with van der Waals surface area (Å²) in [7, 11) is 0. The van der Waals surface area contributed by atoms with Crippen LogP contribution in [0.1, 0.15) is 25.6 Å². The van der Waals surface area contributed by atoms with Crippen LogP contribution in [0.5, 0.6) is 5.75 Å². The molecule has 0 aliphatic carbocycles. The summed E-state index contributed by atoms with van der Waals surface area (Å²) in [4.78, 5) is 16.1. The van der Waals surface area contributed by atoms with Crippen molar-refractivity contribution >= 4 is 11.6 Å². The first kappa shape index (κ1) is 18.5. The van der Waals surface area contributed by atoms with Gasteiger partial charge < -0.3 is 14.6 Å². The lowest BCUT2D eigenvalue weighted by atomic mass is 10.2. The number of amides is 1. The second-order valence-corrected chi connectivity index (χ2v) is 6.07. The van der Waals surface area contributed by atoms with Gasteiger partial charge in [0, 0.05) is 11.5 Å². The highest BCUT2D eigenvalue weighted by Crippen LogP contribution is 2.23. The average Bonchev–Trinajstić information content (AvgIpc) is 3.14. The van der Waals surface area contributed by atoms with Gasteiger partial charge >= 0.3 is 0 Å². The molecular weight excluding hydrogens is 356 g/mol. The number of carbonyl (C=O) groups is 1. The highest BCUT2D eigenvalue weighted by molar-refractivity contribution is 5.92. The van der Waals surface area contributed by atoms with Gasteiger partial charge in [-0.2, -0.15) is 4.98 Å². The normalized spacial score (nSPS) is 10.9. The molecule has 0 spiro atoms. The SMILES string of the molecule is CC(C)c1noc(-c2ccc(OCC(=O)Nc3c(F)cccc3F)cc2)n1. The Morgan fingerprint density at radius 3 is 2.41 bits per heavy atom. The minimum Gasteiger partial charge on any atom is -0.484 e. The van der Waals surface area contributed by atoms with E-state index in [-0.39, 0.29) is 5.92 Å². The van der Waals surface area contributed by atoms with E-state index in [2.05, 4.69) is 15.5 Å². The first-order chi connectivity index (χ1) is 12.9. The lowest BCUT2D eigenvalue weighted by Gasteiger charge is -2.09. The van der Waals surface area contributed by atoms with Crippen LogP contribution in [0.2, 0.25) is 0 Å². The molecule has 3 aromatic rings. The molecule has 140 valence electrons. The molecule has 2 aromatic carbocycles. The average molecular weight is 373 g/mol. The smallest absolute Gasteiger partial charge is 0.262 e. The second kappa shape index (κ2) is 7.94. The maximum atomic E-state index is 13.5. The Bertz CT molecular complexity index is 919.